The monoisotopic (exact) mass is 251 g/mol. The van der Waals surface area contributed by atoms with Crippen LogP contribution in [0.1, 0.15) is 16.7 Å². The summed E-state index contributed by atoms with van der Waals surface area (Å²) >= 11 is 0. The average molecular weight is 251 g/mol. The standard InChI is InChI=1S/C18H21N/c1-15-7-9-17(10-8-15)12-18(13-19-14-18)11-16-5-3-2-4-6-16/h2-10,19H,11-14H2,1H3. The van der Waals surface area contributed by atoms with E-state index in [1.807, 2.05) is 0 Å². The van der Waals surface area contributed by atoms with Crippen LogP contribution in [0.4, 0.5) is 0 Å². The largest absolute Gasteiger partial charge is 0.315 e. The molecule has 0 radical (unpaired) electrons. The van der Waals surface area contributed by atoms with Crippen LogP contribution in [-0.4, -0.2) is 13.1 Å². The summed E-state index contributed by atoms with van der Waals surface area (Å²) in [5.74, 6) is 0. The van der Waals surface area contributed by atoms with Crippen LogP contribution in [-0.2, 0) is 12.8 Å². The Kier molecular flexibility index (Phi) is 3.39. The molecule has 0 unspecified atom stereocenters. The summed E-state index contributed by atoms with van der Waals surface area (Å²) in [7, 11) is 0. The molecule has 1 heterocycles. The van der Waals surface area contributed by atoms with E-state index < -0.39 is 0 Å². The van der Waals surface area contributed by atoms with Gasteiger partial charge in [-0.05, 0) is 30.9 Å². The van der Waals surface area contributed by atoms with Crippen LogP contribution >= 0.6 is 0 Å². The number of rotatable bonds is 4. The van der Waals surface area contributed by atoms with Gasteiger partial charge in [0.15, 0.2) is 0 Å². The summed E-state index contributed by atoms with van der Waals surface area (Å²) < 4.78 is 0. The highest BCUT2D eigenvalue weighted by Crippen LogP contribution is 2.32. The molecule has 0 aliphatic carbocycles. The zero-order valence-corrected chi connectivity index (χ0v) is 11.5. The molecule has 1 nitrogen and oxygen atoms in total. The van der Waals surface area contributed by atoms with Gasteiger partial charge in [-0.25, -0.2) is 0 Å². The van der Waals surface area contributed by atoms with Gasteiger partial charge in [-0.1, -0.05) is 60.2 Å². The van der Waals surface area contributed by atoms with Crippen molar-refractivity contribution in [3.63, 3.8) is 0 Å². The van der Waals surface area contributed by atoms with Crippen LogP contribution in [0.25, 0.3) is 0 Å². The van der Waals surface area contributed by atoms with E-state index in [1.54, 1.807) is 0 Å². The number of aryl methyl sites for hydroxylation is 1. The predicted octanol–water partition coefficient (Wildman–Crippen LogP) is 3.37. The molecule has 0 amide bonds. The molecule has 0 aromatic heterocycles. The van der Waals surface area contributed by atoms with Gasteiger partial charge in [-0.3, -0.25) is 0 Å². The maximum absolute atomic E-state index is 3.45. The molecule has 19 heavy (non-hydrogen) atoms. The van der Waals surface area contributed by atoms with E-state index in [9.17, 15) is 0 Å². The lowest BCUT2D eigenvalue weighted by Gasteiger charge is -2.43. The molecule has 0 spiro atoms. The van der Waals surface area contributed by atoms with Crippen molar-refractivity contribution in [1.29, 1.82) is 0 Å². The summed E-state index contributed by atoms with van der Waals surface area (Å²) in [6, 6.07) is 19.9. The molecular weight excluding hydrogens is 230 g/mol. The molecule has 0 bridgehead atoms. The van der Waals surface area contributed by atoms with Crippen LogP contribution in [0, 0.1) is 12.3 Å². The van der Waals surface area contributed by atoms with E-state index in [-0.39, 0.29) is 0 Å². The van der Waals surface area contributed by atoms with E-state index in [0.717, 1.165) is 13.1 Å². The molecule has 3 rings (SSSR count). The molecule has 98 valence electrons. The van der Waals surface area contributed by atoms with Gasteiger partial charge in [0.2, 0.25) is 0 Å². The number of hydrogen-bond donors (Lipinski definition) is 1. The van der Waals surface area contributed by atoms with Gasteiger partial charge >= 0.3 is 0 Å². The summed E-state index contributed by atoms with van der Waals surface area (Å²) in [5.41, 5.74) is 4.67. The third-order valence-electron chi connectivity index (χ3n) is 4.12. The van der Waals surface area contributed by atoms with Crippen molar-refractivity contribution in [2.45, 2.75) is 19.8 Å². The highest BCUT2D eigenvalue weighted by Gasteiger charge is 2.36. The normalized spacial score (nSPS) is 16.9. The van der Waals surface area contributed by atoms with Gasteiger partial charge in [0.25, 0.3) is 0 Å². The minimum absolute atomic E-state index is 0.413. The second-order valence-corrected chi connectivity index (χ2v) is 5.93. The lowest BCUT2D eigenvalue weighted by molar-refractivity contribution is 0.166. The number of hydrogen-bond acceptors (Lipinski definition) is 1. The molecule has 1 heteroatoms. The molecule has 0 saturated carbocycles. The van der Waals surface area contributed by atoms with Crippen LogP contribution in [0.15, 0.2) is 54.6 Å². The highest BCUT2D eigenvalue weighted by atomic mass is 15.0. The highest BCUT2D eigenvalue weighted by molar-refractivity contribution is 5.25. The lowest BCUT2D eigenvalue weighted by Crippen LogP contribution is -2.56. The first-order valence-corrected chi connectivity index (χ1v) is 7.06. The molecule has 2 aromatic rings. The Balaban J connectivity index is 1.74. The van der Waals surface area contributed by atoms with Crippen molar-refractivity contribution < 1.29 is 0 Å². The topological polar surface area (TPSA) is 12.0 Å². The Morgan fingerprint density at radius 1 is 0.842 bits per heavy atom. The fourth-order valence-electron chi connectivity index (χ4n) is 2.96. The molecule has 1 aliphatic rings. The Hall–Kier alpha value is -1.60. The van der Waals surface area contributed by atoms with Gasteiger partial charge in [0.1, 0.15) is 0 Å². The maximum Gasteiger partial charge on any atom is 0.00331 e. The zero-order chi connectivity index (χ0) is 13.1. The Morgan fingerprint density at radius 2 is 1.42 bits per heavy atom. The smallest absolute Gasteiger partial charge is 0.00331 e. The second kappa shape index (κ2) is 5.18. The fourth-order valence-corrected chi connectivity index (χ4v) is 2.96. The zero-order valence-electron chi connectivity index (χ0n) is 11.5. The van der Waals surface area contributed by atoms with Gasteiger partial charge in [0.05, 0.1) is 0 Å². The van der Waals surface area contributed by atoms with Crippen molar-refractivity contribution in [1.82, 2.24) is 5.32 Å². The van der Waals surface area contributed by atoms with E-state index in [2.05, 4.69) is 66.8 Å². The number of benzene rings is 2. The molecule has 2 aromatic carbocycles. The Bertz CT molecular complexity index is 523. The average Bonchev–Trinajstić information content (AvgIpc) is 2.40. The minimum Gasteiger partial charge on any atom is -0.315 e. The summed E-state index contributed by atoms with van der Waals surface area (Å²) in [6.45, 7) is 4.42. The van der Waals surface area contributed by atoms with Crippen molar-refractivity contribution in [3.05, 3.63) is 71.3 Å². The van der Waals surface area contributed by atoms with E-state index in [0.29, 0.717) is 5.41 Å². The second-order valence-electron chi connectivity index (χ2n) is 5.93. The predicted molar refractivity (Wildman–Crippen MR) is 80.3 cm³/mol. The quantitative estimate of drug-likeness (QED) is 0.878. The first-order chi connectivity index (χ1) is 9.26. The van der Waals surface area contributed by atoms with Crippen molar-refractivity contribution >= 4 is 0 Å². The Labute approximate surface area is 115 Å². The molecule has 1 aliphatic heterocycles. The van der Waals surface area contributed by atoms with E-state index >= 15 is 0 Å². The molecule has 0 atom stereocenters. The van der Waals surface area contributed by atoms with Crippen molar-refractivity contribution in [2.75, 3.05) is 13.1 Å². The van der Waals surface area contributed by atoms with Crippen LogP contribution in [0.2, 0.25) is 0 Å². The fraction of sp³-hybridized carbons (Fsp3) is 0.333. The van der Waals surface area contributed by atoms with E-state index in [1.165, 1.54) is 29.5 Å². The van der Waals surface area contributed by atoms with Gasteiger partial charge in [0, 0.05) is 18.5 Å². The summed E-state index contributed by atoms with van der Waals surface area (Å²) in [4.78, 5) is 0. The number of nitrogens with one attached hydrogen (secondary N) is 1. The summed E-state index contributed by atoms with van der Waals surface area (Å²) in [5, 5.41) is 3.45. The maximum atomic E-state index is 3.45. The molecule has 1 saturated heterocycles. The third-order valence-corrected chi connectivity index (χ3v) is 4.12. The van der Waals surface area contributed by atoms with Gasteiger partial charge in [-0.2, -0.15) is 0 Å². The minimum atomic E-state index is 0.413. The SMILES string of the molecule is Cc1ccc(CC2(Cc3ccccc3)CNC2)cc1. The third kappa shape index (κ3) is 2.87. The molecular formula is C18H21N. The Morgan fingerprint density at radius 3 is 1.95 bits per heavy atom. The van der Waals surface area contributed by atoms with Gasteiger partial charge < -0.3 is 5.32 Å². The first kappa shape index (κ1) is 12.4. The first-order valence-electron chi connectivity index (χ1n) is 7.06. The van der Waals surface area contributed by atoms with Crippen LogP contribution < -0.4 is 5.32 Å². The van der Waals surface area contributed by atoms with Gasteiger partial charge in [-0.15, -0.1) is 0 Å². The molecule has 1 fully saturated rings. The summed E-state index contributed by atoms with van der Waals surface area (Å²) in [6.07, 6.45) is 2.35. The molecule has 1 N–H and O–H groups in total. The van der Waals surface area contributed by atoms with Crippen LogP contribution in [0.3, 0.4) is 0 Å². The van der Waals surface area contributed by atoms with Crippen molar-refractivity contribution in [2.24, 2.45) is 5.41 Å². The van der Waals surface area contributed by atoms with E-state index in [4.69, 9.17) is 0 Å². The van der Waals surface area contributed by atoms with Crippen molar-refractivity contribution in [3.8, 4) is 0 Å². The lowest BCUT2D eigenvalue weighted by atomic mass is 9.72. The van der Waals surface area contributed by atoms with Crippen LogP contribution in [0.5, 0.6) is 0 Å².